The van der Waals surface area contributed by atoms with Gasteiger partial charge in [-0.15, -0.1) is 0 Å². The summed E-state index contributed by atoms with van der Waals surface area (Å²) >= 11 is 0. The van der Waals surface area contributed by atoms with Crippen LogP contribution in [0, 0.1) is 37.8 Å². The van der Waals surface area contributed by atoms with Gasteiger partial charge in [-0.2, -0.15) is 5.10 Å². The van der Waals surface area contributed by atoms with Crippen LogP contribution in [0.15, 0.2) is 53.6 Å². The number of nitro benzene ring substituents is 1. The molecule has 0 bridgehead atoms. The van der Waals surface area contributed by atoms with Gasteiger partial charge in [0.1, 0.15) is 0 Å². The summed E-state index contributed by atoms with van der Waals surface area (Å²) in [5.41, 5.74) is 8.52. The molecule has 0 fully saturated rings. The van der Waals surface area contributed by atoms with Crippen molar-refractivity contribution in [3.8, 4) is 5.69 Å². The van der Waals surface area contributed by atoms with E-state index in [1.807, 2.05) is 26.0 Å². The average Bonchev–Trinajstić information content (AvgIpc) is 3.02. The fourth-order valence-electron chi connectivity index (χ4n) is 3.49. The minimum Gasteiger partial charge on any atom is -0.318 e. The minimum absolute atomic E-state index is 0.115. The number of hydrazone groups is 1. The molecule has 0 saturated carbocycles. The van der Waals surface area contributed by atoms with E-state index in [9.17, 15) is 19.7 Å². The van der Waals surface area contributed by atoms with Crippen molar-refractivity contribution < 1.29 is 14.5 Å². The standard InChI is InChI=1S/C23H23N5O4/c1-14-6-5-7-15(2)21(14)27-16(3)12-18(17(27)4)13-24-26-23(30)22(29)25-19-8-10-20(11-9-19)28(31)32/h5-13H,1-4H3,(H,25,29)(H,26,30)/b24-13-. The molecule has 0 radical (unpaired) electrons. The molecule has 0 aliphatic carbocycles. The lowest BCUT2D eigenvalue weighted by Gasteiger charge is -2.15. The fourth-order valence-corrected chi connectivity index (χ4v) is 3.49. The number of rotatable bonds is 5. The SMILES string of the molecule is Cc1cccc(C)c1-n1c(C)cc(/C=N\NC(=O)C(=O)Nc2ccc([N+](=O)[O-])cc2)c1C. The highest BCUT2D eigenvalue weighted by Gasteiger charge is 2.15. The van der Waals surface area contributed by atoms with Crippen LogP contribution in [0.3, 0.4) is 0 Å². The van der Waals surface area contributed by atoms with Crippen LogP contribution >= 0.6 is 0 Å². The molecule has 0 atom stereocenters. The van der Waals surface area contributed by atoms with Crippen molar-refractivity contribution in [2.24, 2.45) is 5.10 Å². The molecule has 0 saturated heterocycles. The van der Waals surface area contributed by atoms with Gasteiger partial charge in [0.25, 0.3) is 5.69 Å². The van der Waals surface area contributed by atoms with Crippen molar-refractivity contribution in [2.45, 2.75) is 27.7 Å². The number of nitro groups is 1. The molecule has 164 valence electrons. The zero-order chi connectivity index (χ0) is 23.4. The lowest BCUT2D eigenvalue weighted by atomic mass is 10.1. The largest absolute Gasteiger partial charge is 0.329 e. The Morgan fingerprint density at radius 2 is 1.62 bits per heavy atom. The highest BCUT2D eigenvalue weighted by molar-refractivity contribution is 6.39. The third-order valence-electron chi connectivity index (χ3n) is 5.05. The van der Waals surface area contributed by atoms with Gasteiger partial charge in [0.05, 0.1) is 16.8 Å². The zero-order valence-electron chi connectivity index (χ0n) is 18.2. The number of nitrogens with zero attached hydrogens (tertiary/aromatic N) is 3. The number of hydrogen-bond acceptors (Lipinski definition) is 5. The maximum atomic E-state index is 12.0. The number of anilines is 1. The van der Waals surface area contributed by atoms with E-state index in [-0.39, 0.29) is 11.4 Å². The maximum Gasteiger partial charge on any atom is 0.329 e. The summed E-state index contributed by atoms with van der Waals surface area (Å²) in [7, 11) is 0. The van der Waals surface area contributed by atoms with Crippen LogP contribution in [0.1, 0.15) is 28.1 Å². The molecule has 2 amide bonds. The number of nitrogens with one attached hydrogen (secondary N) is 2. The van der Waals surface area contributed by atoms with E-state index >= 15 is 0 Å². The first-order chi connectivity index (χ1) is 15.2. The number of non-ortho nitro benzene ring substituents is 1. The lowest BCUT2D eigenvalue weighted by Crippen LogP contribution is -2.32. The highest BCUT2D eigenvalue weighted by Crippen LogP contribution is 2.25. The molecule has 9 nitrogen and oxygen atoms in total. The van der Waals surface area contributed by atoms with Crippen molar-refractivity contribution in [1.29, 1.82) is 0 Å². The molecule has 3 rings (SSSR count). The maximum absolute atomic E-state index is 12.0. The molecular formula is C23H23N5O4. The number of aryl methyl sites for hydroxylation is 3. The Morgan fingerprint density at radius 1 is 1.00 bits per heavy atom. The first-order valence-electron chi connectivity index (χ1n) is 9.83. The number of para-hydroxylation sites is 1. The van der Waals surface area contributed by atoms with Gasteiger partial charge in [-0.05, 0) is 57.0 Å². The highest BCUT2D eigenvalue weighted by atomic mass is 16.6. The van der Waals surface area contributed by atoms with Crippen LogP contribution in [0.2, 0.25) is 0 Å². The Balaban J connectivity index is 1.69. The molecule has 0 spiro atoms. The van der Waals surface area contributed by atoms with Gasteiger partial charge in [-0.1, -0.05) is 18.2 Å². The Hall–Kier alpha value is -4.27. The average molecular weight is 433 g/mol. The van der Waals surface area contributed by atoms with Gasteiger partial charge >= 0.3 is 11.8 Å². The second kappa shape index (κ2) is 9.25. The normalized spacial score (nSPS) is 10.9. The molecule has 3 aromatic rings. The van der Waals surface area contributed by atoms with Gasteiger partial charge < -0.3 is 9.88 Å². The zero-order valence-corrected chi connectivity index (χ0v) is 18.2. The number of aromatic nitrogens is 1. The molecule has 9 heteroatoms. The Labute approximate surface area is 184 Å². The first-order valence-corrected chi connectivity index (χ1v) is 9.83. The molecular weight excluding hydrogens is 410 g/mol. The third kappa shape index (κ3) is 4.72. The van der Waals surface area contributed by atoms with Crippen LogP contribution < -0.4 is 10.7 Å². The van der Waals surface area contributed by atoms with Crippen LogP contribution in [-0.2, 0) is 9.59 Å². The number of hydrogen-bond donors (Lipinski definition) is 2. The fraction of sp³-hybridized carbons (Fsp3) is 0.174. The van der Waals surface area contributed by atoms with Crippen molar-refractivity contribution >= 4 is 29.4 Å². The molecule has 1 aromatic heterocycles. The van der Waals surface area contributed by atoms with Crippen molar-refractivity contribution in [2.75, 3.05) is 5.32 Å². The molecule has 2 N–H and O–H groups in total. The Kier molecular flexibility index (Phi) is 6.48. The molecule has 32 heavy (non-hydrogen) atoms. The quantitative estimate of drug-likeness (QED) is 0.276. The van der Waals surface area contributed by atoms with E-state index in [0.717, 1.165) is 33.8 Å². The van der Waals surface area contributed by atoms with Gasteiger partial charge in [0.2, 0.25) is 0 Å². The molecule has 0 unspecified atom stereocenters. The summed E-state index contributed by atoms with van der Waals surface area (Å²) in [6, 6.07) is 13.2. The number of carbonyl (C=O) groups is 2. The smallest absolute Gasteiger partial charge is 0.318 e. The monoisotopic (exact) mass is 433 g/mol. The molecule has 0 aliphatic heterocycles. The van der Waals surface area contributed by atoms with Crippen LogP contribution in [-0.4, -0.2) is 27.5 Å². The van der Waals surface area contributed by atoms with Gasteiger partial charge in [-0.3, -0.25) is 19.7 Å². The molecule has 1 heterocycles. The van der Waals surface area contributed by atoms with Gasteiger partial charge in [0.15, 0.2) is 0 Å². The van der Waals surface area contributed by atoms with Gasteiger partial charge in [0, 0.05) is 34.8 Å². The Morgan fingerprint density at radius 3 is 2.22 bits per heavy atom. The van der Waals surface area contributed by atoms with Crippen molar-refractivity contribution in [3.63, 3.8) is 0 Å². The van der Waals surface area contributed by atoms with E-state index in [1.54, 1.807) is 0 Å². The predicted molar refractivity (Wildman–Crippen MR) is 122 cm³/mol. The topological polar surface area (TPSA) is 119 Å². The number of amides is 2. The molecule has 0 aliphatic rings. The van der Waals surface area contributed by atoms with Crippen molar-refractivity contribution in [3.05, 3.63) is 86.7 Å². The number of benzene rings is 2. The van der Waals surface area contributed by atoms with E-state index in [1.165, 1.54) is 30.5 Å². The Bertz CT molecular complexity index is 1210. The van der Waals surface area contributed by atoms with Gasteiger partial charge in [-0.25, -0.2) is 5.43 Å². The van der Waals surface area contributed by atoms with E-state index in [2.05, 4.69) is 46.4 Å². The summed E-state index contributed by atoms with van der Waals surface area (Å²) in [5, 5.41) is 16.9. The summed E-state index contributed by atoms with van der Waals surface area (Å²) < 4.78 is 2.13. The van der Waals surface area contributed by atoms with Crippen LogP contribution in [0.25, 0.3) is 5.69 Å². The third-order valence-corrected chi connectivity index (χ3v) is 5.05. The van der Waals surface area contributed by atoms with Crippen LogP contribution in [0.5, 0.6) is 0 Å². The minimum atomic E-state index is -0.955. The van der Waals surface area contributed by atoms with E-state index < -0.39 is 16.7 Å². The summed E-state index contributed by atoms with van der Waals surface area (Å²) in [5.74, 6) is -1.89. The van der Waals surface area contributed by atoms with Crippen LogP contribution in [0.4, 0.5) is 11.4 Å². The van der Waals surface area contributed by atoms with E-state index in [4.69, 9.17) is 0 Å². The molecule has 2 aromatic carbocycles. The lowest BCUT2D eigenvalue weighted by molar-refractivity contribution is -0.384. The predicted octanol–water partition coefficient (Wildman–Crippen LogP) is 3.71. The number of carbonyl (C=O) groups excluding carboxylic acids is 2. The van der Waals surface area contributed by atoms with Crippen molar-refractivity contribution in [1.82, 2.24) is 9.99 Å². The summed E-state index contributed by atoms with van der Waals surface area (Å²) in [6.45, 7) is 8.06. The summed E-state index contributed by atoms with van der Waals surface area (Å²) in [6.07, 6.45) is 1.49. The second-order valence-electron chi connectivity index (χ2n) is 7.36. The first kappa shape index (κ1) is 22.4. The second-order valence-corrected chi connectivity index (χ2v) is 7.36. The summed E-state index contributed by atoms with van der Waals surface area (Å²) in [4.78, 5) is 34.2. The van der Waals surface area contributed by atoms with E-state index in [0.29, 0.717) is 0 Å².